The van der Waals surface area contributed by atoms with Gasteiger partial charge in [0, 0.05) is 6.04 Å². The monoisotopic (exact) mass is 339 g/mol. The molecule has 2 N–H and O–H groups in total. The first-order valence-corrected chi connectivity index (χ1v) is 8.03. The summed E-state index contributed by atoms with van der Waals surface area (Å²) in [7, 11) is 0. The van der Waals surface area contributed by atoms with Gasteiger partial charge in [0.05, 0.1) is 22.2 Å². The van der Waals surface area contributed by atoms with Crippen molar-refractivity contribution >= 4 is 29.0 Å². The molecule has 0 saturated heterocycles. The maximum absolute atomic E-state index is 14.9. The van der Waals surface area contributed by atoms with Crippen molar-refractivity contribution in [3.63, 3.8) is 0 Å². The minimum absolute atomic E-state index is 0.00112. The van der Waals surface area contributed by atoms with Gasteiger partial charge in [-0.25, -0.2) is 8.78 Å². The normalized spacial score (nSPS) is 14.3. The van der Waals surface area contributed by atoms with Crippen LogP contribution in [0.2, 0.25) is 0 Å². The van der Waals surface area contributed by atoms with Gasteiger partial charge in [0.15, 0.2) is 0 Å². The van der Waals surface area contributed by atoms with E-state index in [0.29, 0.717) is 16.8 Å². The number of nitrogens with zero attached hydrogens (tertiary/aromatic N) is 1. The molecule has 3 aromatic rings. The number of aromatic nitrogens is 2. The molecule has 0 radical (unpaired) electrons. The molecular weight excluding hydrogens is 324 g/mol. The lowest BCUT2D eigenvalue weighted by Crippen LogP contribution is -2.26. The molecule has 4 nitrogen and oxygen atoms in total. The Bertz CT molecular complexity index is 989. The number of benzene rings is 2. The van der Waals surface area contributed by atoms with Crippen LogP contribution in [0.15, 0.2) is 36.4 Å². The Morgan fingerprint density at radius 2 is 2.04 bits per heavy atom. The summed E-state index contributed by atoms with van der Waals surface area (Å²) in [5.74, 6) is -1.37. The molecule has 4 rings (SSSR count). The Morgan fingerprint density at radius 3 is 2.80 bits per heavy atom. The predicted molar refractivity (Wildman–Crippen MR) is 91.9 cm³/mol. The second-order valence-electron chi connectivity index (χ2n) is 6.09. The van der Waals surface area contributed by atoms with Crippen LogP contribution < -0.4 is 5.32 Å². The Kier molecular flexibility index (Phi) is 3.80. The van der Waals surface area contributed by atoms with Crippen molar-refractivity contribution in [3.8, 4) is 0 Å². The number of amides is 1. The van der Waals surface area contributed by atoms with Gasteiger partial charge in [0.2, 0.25) is 0 Å². The van der Waals surface area contributed by atoms with Crippen LogP contribution in [0.5, 0.6) is 0 Å². The molecule has 2 aromatic carbocycles. The van der Waals surface area contributed by atoms with Crippen LogP contribution in [0.25, 0.3) is 23.1 Å². The average molecular weight is 339 g/mol. The summed E-state index contributed by atoms with van der Waals surface area (Å²) < 4.78 is 28.1. The van der Waals surface area contributed by atoms with Crippen LogP contribution in [-0.4, -0.2) is 22.1 Å². The highest BCUT2D eigenvalue weighted by atomic mass is 19.1. The lowest BCUT2D eigenvalue weighted by Gasteiger charge is -2.05. The molecule has 1 aliphatic carbocycles. The van der Waals surface area contributed by atoms with Crippen molar-refractivity contribution in [1.29, 1.82) is 0 Å². The molecule has 1 saturated carbocycles. The van der Waals surface area contributed by atoms with Crippen molar-refractivity contribution in [2.24, 2.45) is 0 Å². The Hall–Kier alpha value is -3.02. The standard InChI is InChI=1S/C19H15F2N3O/c20-12-3-1-2-11(10-12)4-8-15-17-16(24-23-15)9-7-14(18(17)21)19(25)22-13-5-6-13/h1-4,7-10,13H,5-6H2,(H,22,25)(H,23,24)/b8-4+. The molecule has 1 aliphatic rings. The largest absolute Gasteiger partial charge is 0.349 e. The van der Waals surface area contributed by atoms with E-state index in [9.17, 15) is 13.6 Å². The second kappa shape index (κ2) is 6.12. The van der Waals surface area contributed by atoms with E-state index in [-0.39, 0.29) is 22.8 Å². The molecular formula is C19H15F2N3O. The van der Waals surface area contributed by atoms with Crippen molar-refractivity contribution in [2.75, 3.05) is 0 Å². The fourth-order valence-electron chi connectivity index (χ4n) is 2.67. The third-order valence-electron chi connectivity index (χ3n) is 4.13. The van der Waals surface area contributed by atoms with Crippen LogP contribution in [0.3, 0.4) is 0 Å². The number of rotatable bonds is 4. The van der Waals surface area contributed by atoms with Gasteiger partial charge in [-0.1, -0.05) is 18.2 Å². The van der Waals surface area contributed by atoms with Crippen molar-refractivity contribution in [1.82, 2.24) is 15.5 Å². The van der Waals surface area contributed by atoms with E-state index in [1.54, 1.807) is 30.4 Å². The zero-order valence-corrected chi connectivity index (χ0v) is 13.2. The fourth-order valence-corrected chi connectivity index (χ4v) is 2.67. The third-order valence-corrected chi connectivity index (χ3v) is 4.13. The first-order chi connectivity index (χ1) is 12.1. The molecule has 0 spiro atoms. The number of carbonyl (C=O) groups excluding carboxylic acids is 1. The average Bonchev–Trinajstić information content (AvgIpc) is 3.30. The number of fused-ring (bicyclic) bond motifs is 1. The van der Waals surface area contributed by atoms with Crippen molar-refractivity contribution < 1.29 is 13.6 Å². The maximum atomic E-state index is 14.9. The van der Waals surface area contributed by atoms with Gasteiger partial charge >= 0.3 is 0 Å². The minimum atomic E-state index is -0.608. The zero-order chi connectivity index (χ0) is 17.4. The molecule has 1 aromatic heterocycles. The van der Waals surface area contributed by atoms with E-state index in [1.165, 1.54) is 18.2 Å². The molecule has 0 unspecified atom stereocenters. The summed E-state index contributed by atoms with van der Waals surface area (Å²) in [6.07, 6.45) is 5.11. The van der Waals surface area contributed by atoms with E-state index in [4.69, 9.17) is 0 Å². The quantitative estimate of drug-likeness (QED) is 0.757. The maximum Gasteiger partial charge on any atom is 0.254 e. The Morgan fingerprint density at radius 1 is 1.20 bits per heavy atom. The van der Waals surface area contributed by atoms with Crippen LogP contribution in [0, 0.1) is 11.6 Å². The molecule has 1 amide bonds. The van der Waals surface area contributed by atoms with Crippen LogP contribution in [-0.2, 0) is 0 Å². The number of hydrogen-bond donors (Lipinski definition) is 2. The van der Waals surface area contributed by atoms with E-state index in [0.717, 1.165) is 12.8 Å². The first-order valence-electron chi connectivity index (χ1n) is 8.03. The van der Waals surface area contributed by atoms with Gasteiger partial charge in [0.1, 0.15) is 11.6 Å². The van der Waals surface area contributed by atoms with Crippen molar-refractivity contribution in [3.05, 3.63) is 64.9 Å². The number of nitrogens with one attached hydrogen (secondary N) is 2. The van der Waals surface area contributed by atoms with Crippen LogP contribution in [0.1, 0.15) is 34.5 Å². The van der Waals surface area contributed by atoms with Gasteiger partial charge in [-0.3, -0.25) is 9.89 Å². The van der Waals surface area contributed by atoms with Gasteiger partial charge in [-0.2, -0.15) is 5.10 Å². The third kappa shape index (κ3) is 3.15. The molecule has 126 valence electrons. The predicted octanol–water partition coefficient (Wildman–Crippen LogP) is 3.90. The zero-order valence-electron chi connectivity index (χ0n) is 13.2. The molecule has 0 atom stereocenters. The topological polar surface area (TPSA) is 57.8 Å². The number of hydrogen-bond acceptors (Lipinski definition) is 2. The lowest BCUT2D eigenvalue weighted by atomic mass is 10.1. The highest BCUT2D eigenvalue weighted by Crippen LogP contribution is 2.26. The van der Waals surface area contributed by atoms with Crippen molar-refractivity contribution in [2.45, 2.75) is 18.9 Å². The summed E-state index contributed by atoms with van der Waals surface area (Å²) in [4.78, 5) is 12.2. The lowest BCUT2D eigenvalue weighted by molar-refractivity contribution is 0.0947. The highest BCUT2D eigenvalue weighted by molar-refractivity contribution is 6.00. The van der Waals surface area contributed by atoms with E-state index in [2.05, 4.69) is 15.5 Å². The summed E-state index contributed by atoms with van der Waals surface area (Å²) >= 11 is 0. The van der Waals surface area contributed by atoms with E-state index < -0.39 is 11.7 Å². The van der Waals surface area contributed by atoms with Gasteiger partial charge < -0.3 is 5.32 Å². The Labute approximate surface area is 142 Å². The molecule has 0 aliphatic heterocycles. The van der Waals surface area contributed by atoms with Crippen LogP contribution in [0.4, 0.5) is 8.78 Å². The summed E-state index contributed by atoms with van der Waals surface area (Å²) in [6.45, 7) is 0. The second-order valence-corrected chi connectivity index (χ2v) is 6.09. The number of H-pyrrole nitrogens is 1. The fraction of sp³-hybridized carbons (Fsp3) is 0.158. The Balaban J connectivity index is 1.70. The van der Waals surface area contributed by atoms with Gasteiger partial charge in [-0.15, -0.1) is 0 Å². The number of halogens is 2. The smallest absolute Gasteiger partial charge is 0.254 e. The summed E-state index contributed by atoms with van der Waals surface area (Å²) in [6, 6.07) is 9.29. The SMILES string of the molecule is O=C(NC1CC1)c1ccc2[nH]nc(/C=C/c3cccc(F)c3)c2c1F. The molecule has 0 bridgehead atoms. The van der Waals surface area contributed by atoms with E-state index >= 15 is 0 Å². The minimum Gasteiger partial charge on any atom is -0.349 e. The molecule has 1 heterocycles. The number of aromatic amines is 1. The summed E-state index contributed by atoms with van der Waals surface area (Å²) in [5, 5.41) is 9.87. The number of carbonyl (C=O) groups is 1. The molecule has 6 heteroatoms. The first kappa shape index (κ1) is 15.5. The van der Waals surface area contributed by atoms with E-state index in [1.807, 2.05) is 0 Å². The van der Waals surface area contributed by atoms with Crippen LogP contribution >= 0.6 is 0 Å². The van der Waals surface area contributed by atoms with Gasteiger partial charge in [0.25, 0.3) is 5.91 Å². The highest BCUT2D eigenvalue weighted by Gasteiger charge is 2.26. The van der Waals surface area contributed by atoms with Gasteiger partial charge in [-0.05, 0) is 48.7 Å². The molecule has 25 heavy (non-hydrogen) atoms. The molecule has 1 fully saturated rings. The summed E-state index contributed by atoms with van der Waals surface area (Å²) in [5.41, 5.74) is 1.50.